The normalized spacial score (nSPS) is 15.9. The number of halogens is 6. The highest BCUT2D eigenvalue weighted by molar-refractivity contribution is 5.77. The Morgan fingerprint density at radius 3 is 2.19 bits per heavy atom. The van der Waals surface area contributed by atoms with E-state index < -0.39 is 36.2 Å². The maximum absolute atomic E-state index is 13.0. The monoisotopic (exact) mass is 311 g/mol. The van der Waals surface area contributed by atoms with E-state index in [1.54, 1.807) is 0 Å². The summed E-state index contributed by atoms with van der Waals surface area (Å²) < 4.78 is 76.8. The molecule has 2 nitrogen and oxygen atoms in total. The molecule has 0 amide bonds. The molecule has 0 atom stereocenters. The number of aldehydes is 1. The quantitative estimate of drug-likeness (QED) is 0.617. The summed E-state index contributed by atoms with van der Waals surface area (Å²) in [4.78, 5) is 11.3. The number of rotatable bonds is 4. The zero-order valence-corrected chi connectivity index (χ0v) is 10.6. The van der Waals surface area contributed by atoms with Crippen molar-refractivity contribution in [2.75, 3.05) is 11.4 Å². The van der Waals surface area contributed by atoms with Crippen LogP contribution in [0.1, 0.15) is 28.8 Å². The smallest absolute Gasteiger partial charge is 0.359 e. The van der Waals surface area contributed by atoms with Crippen molar-refractivity contribution in [2.24, 2.45) is 0 Å². The first-order chi connectivity index (χ1) is 9.62. The van der Waals surface area contributed by atoms with Crippen molar-refractivity contribution in [3.8, 4) is 0 Å². The lowest BCUT2D eigenvalue weighted by Gasteiger charge is -2.28. The van der Waals surface area contributed by atoms with Gasteiger partial charge in [-0.15, -0.1) is 0 Å². The van der Waals surface area contributed by atoms with Crippen molar-refractivity contribution in [1.29, 1.82) is 0 Å². The van der Waals surface area contributed by atoms with Gasteiger partial charge in [-0.1, -0.05) is 0 Å². The molecule has 1 aliphatic rings. The number of nitrogens with zero attached hydrogens (tertiary/aromatic N) is 1. The fraction of sp³-hybridized carbons (Fsp3) is 0.462. The maximum atomic E-state index is 13.0. The first-order valence-corrected chi connectivity index (χ1v) is 6.11. The molecule has 0 spiro atoms. The minimum atomic E-state index is -4.83. The van der Waals surface area contributed by atoms with Gasteiger partial charge in [-0.3, -0.25) is 4.79 Å². The van der Waals surface area contributed by atoms with Gasteiger partial charge in [0.25, 0.3) is 0 Å². The lowest BCUT2D eigenvalue weighted by molar-refractivity contribution is -0.138. The molecule has 116 valence electrons. The lowest BCUT2D eigenvalue weighted by atomic mass is 10.1. The van der Waals surface area contributed by atoms with Crippen LogP contribution in [0.2, 0.25) is 0 Å². The predicted molar refractivity (Wildman–Crippen MR) is 63.3 cm³/mol. The van der Waals surface area contributed by atoms with E-state index in [1.165, 1.54) is 0 Å². The standard InChI is InChI=1S/C13H11F6NO/c14-12(15,16)7-20(9-2-3-9)11-4-1-8(6-21)5-10(11)13(17,18)19/h1,4-6,9H,2-3,7H2. The zero-order chi connectivity index (χ0) is 15.8. The maximum Gasteiger partial charge on any atom is 0.418 e. The van der Waals surface area contributed by atoms with E-state index in [9.17, 15) is 31.1 Å². The highest BCUT2D eigenvalue weighted by Gasteiger charge is 2.42. The van der Waals surface area contributed by atoms with Gasteiger partial charge in [-0.05, 0) is 31.0 Å². The van der Waals surface area contributed by atoms with Crippen LogP contribution < -0.4 is 4.90 Å². The largest absolute Gasteiger partial charge is 0.418 e. The van der Waals surface area contributed by atoms with Crippen molar-refractivity contribution < 1.29 is 31.1 Å². The van der Waals surface area contributed by atoms with Crippen molar-refractivity contribution >= 4 is 12.0 Å². The number of alkyl halides is 6. The average Bonchev–Trinajstić information content (AvgIpc) is 3.17. The summed E-state index contributed by atoms with van der Waals surface area (Å²) in [6.07, 6.45) is -8.36. The Morgan fingerprint density at radius 1 is 1.14 bits per heavy atom. The van der Waals surface area contributed by atoms with E-state index in [0.29, 0.717) is 18.9 Å². The van der Waals surface area contributed by atoms with Gasteiger partial charge in [-0.25, -0.2) is 0 Å². The molecule has 0 unspecified atom stereocenters. The van der Waals surface area contributed by atoms with Gasteiger partial charge in [0, 0.05) is 17.3 Å². The fourth-order valence-corrected chi connectivity index (χ4v) is 2.09. The molecule has 1 fully saturated rings. The molecule has 0 aliphatic heterocycles. The third kappa shape index (κ3) is 3.89. The highest BCUT2D eigenvalue weighted by atomic mass is 19.4. The Balaban J connectivity index is 2.46. The van der Waals surface area contributed by atoms with E-state index in [-0.39, 0.29) is 11.8 Å². The number of hydrogen-bond donors (Lipinski definition) is 0. The summed E-state index contributed by atoms with van der Waals surface area (Å²) in [7, 11) is 0. The number of benzene rings is 1. The second-order valence-electron chi connectivity index (χ2n) is 4.87. The minimum Gasteiger partial charge on any atom is -0.359 e. The molecule has 8 heteroatoms. The molecule has 21 heavy (non-hydrogen) atoms. The number of anilines is 1. The summed E-state index contributed by atoms with van der Waals surface area (Å²) in [5.74, 6) is 0. The van der Waals surface area contributed by atoms with Crippen LogP contribution in [0.15, 0.2) is 18.2 Å². The van der Waals surface area contributed by atoms with Gasteiger partial charge in [0.2, 0.25) is 0 Å². The third-order valence-electron chi connectivity index (χ3n) is 3.11. The zero-order valence-electron chi connectivity index (χ0n) is 10.6. The Labute approximate surface area is 116 Å². The summed E-state index contributed by atoms with van der Waals surface area (Å²) in [6, 6.07) is 2.04. The Kier molecular flexibility index (Phi) is 3.90. The SMILES string of the molecule is O=Cc1ccc(N(CC(F)(F)F)C2CC2)c(C(F)(F)F)c1. The van der Waals surface area contributed by atoms with E-state index in [0.717, 1.165) is 17.0 Å². The summed E-state index contributed by atoms with van der Waals surface area (Å²) in [5, 5.41) is 0. The van der Waals surface area contributed by atoms with Gasteiger partial charge in [0.15, 0.2) is 0 Å². The summed E-state index contributed by atoms with van der Waals surface area (Å²) in [5.41, 5.74) is -1.98. The molecule has 1 saturated carbocycles. The molecule has 1 aliphatic carbocycles. The second-order valence-corrected chi connectivity index (χ2v) is 4.87. The molecule has 0 aromatic heterocycles. The Hall–Kier alpha value is -1.73. The third-order valence-corrected chi connectivity index (χ3v) is 3.11. The van der Waals surface area contributed by atoms with Crippen LogP contribution >= 0.6 is 0 Å². The van der Waals surface area contributed by atoms with Crippen LogP contribution in [-0.2, 0) is 6.18 Å². The van der Waals surface area contributed by atoms with Crippen molar-refractivity contribution in [2.45, 2.75) is 31.2 Å². The van der Waals surface area contributed by atoms with E-state index in [2.05, 4.69) is 0 Å². The second kappa shape index (κ2) is 5.23. The van der Waals surface area contributed by atoms with Gasteiger partial charge in [0.05, 0.1) is 5.56 Å². The molecular formula is C13H11F6NO. The van der Waals surface area contributed by atoms with Crippen LogP contribution in [0.3, 0.4) is 0 Å². The van der Waals surface area contributed by atoms with Crippen LogP contribution in [0.4, 0.5) is 32.0 Å². The van der Waals surface area contributed by atoms with Crippen molar-refractivity contribution in [3.63, 3.8) is 0 Å². The molecule has 0 saturated heterocycles. The molecule has 2 rings (SSSR count). The highest BCUT2D eigenvalue weighted by Crippen LogP contribution is 2.42. The summed E-state index contributed by atoms with van der Waals surface area (Å²) >= 11 is 0. The van der Waals surface area contributed by atoms with Crippen LogP contribution in [0.5, 0.6) is 0 Å². The van der Waals surface area contributed by atoms with Gasteiger partial charge in [0.1, 0.15) is 12.8 Å². The molecular weight excluding hydrogens is 300 g/mol. The molecule has 1 aromatic rings. The van der Waals surface area contributed by atoms with Crippen molar-refractivity contribution in [1.82, 2.24) is 0 Å². The van der Waals surface area contributed by atoms with Crippen LogP contribution in [0.25, 0.3) is 0 Å². The number of hydrogen-bond acceptors (Lipinski definition) is 2. The Bertz CT molecular complexity index is 532. The molecule has 0 heterocycles. The van der Waals surface area contributed by atoms with E-state index in [4.69, 9.17) is 0 Å². The van der Waals surface area contributed by atoms with Crippen LogP contribution in [0, 0.1) is 0 Å². The minimum absolute atomic E-state index is 0.226. The van der Waals surface area contributed by atoms with Crippen LogP contribution in [-0.4, -0.2) is 25.0 Å². The van der Waals surface area contributed by atoms with E-state index in [1.807, 2.05) is 0 Å². The van der Waals surface area contributed by atoms with Gasteiger partial charge < -0.3 is 4.90 Å². The molecule has 0 bridgehead atoms. The lowest BCUT2D eigenvalue weighted by Crippen LogP contribution is -2.37. The molecule has 0 N–H and O–H groups in total. The van der Waals surface area contributed by atoms with Gasteiger partial charge in [-0.2, -0.15) is 26.3 Å². The molecule has 1 aromatic carbocycles. The number of carbonyl (C=O) groups excluding carboxylic acids is 1. The molecule has 0 radical (unpaired) electrons. The predicted octanol–water partition coefficient (Wildman–Crippen LogP) is 4.05. The topological polar surface area (TPSA) is 20.3 Å². The summed E-state index contributed by atoms with van der Waals surface area (Å²) in [6.45, 7) is -1.44. The van der Waals surface area contributed by atoms with E-state index >= 15 is 0 Å². The first-order valence-electron chi connectivity index (χ1n) is 6.11. The Morgan fingerprint density at radius 2 is 1.76 bits per heavy atom. The fourth-order valence-electron chi connectivity index (χ4n) is 2.09. The first kappa shape index (κ1) is 15.7. The van der Waals surface area contributed by atoms with Gasteiger partial charge >= 0.3 is 12.4 Å². The number of carbonyl (C=O) groups is 1. The average molecular weight is 311 g/mol. The van der Waals surface area contributed by atoms with Crippen molar-refractivity contribution in [3.05, 3.63) is 29.3 Å².